The van der Waals surface area contributed by atoms with Crippen molar-refractivity contribution in [2.24, 2.45) is 0 Å². The maximum absolute atomic E-state index is 10.9. The molecule has 1 aliphatic carbocycles. The van der Waals surface area contributed by atoms with Gasteiger partial charge in [-0.25, -0.2) is 0 Å². The Morgan fingerprint density at radius 1 is 0.594 bits per heavy atom. The van der Waals surface area contributed by atoms with Gasteiger partial charge in [0.2, 0.25) is 0 Å². The molecule has 4 aromatic rings. The first kappa shape index (κ1) is 18.4. The van der Waals surface area contributed by atoms with E-state index in [2.05, 4.69) is 24.3 Å². The third kappa shape index (κ3) is 2.33. The van der Waals surface area contributed by atoms with Crippen LogP contribution in [0.2, 0.25) is 0 Å². The highest BCUT2D eigenvalue weighted by Crippen LogP contribution is 2.62. The van der Waals surface area contributed by atoms with Crippen LogP contribution in [-0.2, 0) is 15.0 Å². The van der Waals surface area contributed by atoms with E-state index in [1.807, 2.05) is 36.4 Å². The number of hydrogen-bond donors (Lipinski definition) is 0. The summed E-state index contributed by atoms with van der Waals surface area (Å²) in [5.74, 6) is 1.92. The molecule has 0 saturated heterocycles. The summed E-state index contributed by atoms with van der Waals surface area (Å²) in [5, 5.41) is 0. The third-order valence-electron chi connectivity index (χ3n) is 6.25. The molecule has 0 aromatic heterocycles. The fourth-order valence-corrected chi connectivity index (χ4v) is 5.13. The van der Waals surface area contributed by atoms with Crippen molar-refractivity contribution in [1.82, 2.24) is 0 Å². The monoisotopic (exact) mass is 420 g/mol. The Morgan fingerprint density at radius 2 is 1.06 bits per heavy atom. The fourth-order valence-electron chi connectivity index (χ4n) is 5.13. The molecule has 0 saturated carbocycles. The number of carbonyl (C=O) groups excluding carboxylic acids is 2. The van der Waals surface area contributed by atoms with Crippen LogP contribution in [0, 0.1) is 0 Å². The van der Waals surface area contributed by atoms with Gasteiger partial charge in [0, 0.05) is 23.3 Å². The summed E-state index contributed by atoms with van der Waals surface area (Å²) < 4.78 is 16.4. The van der Waals surface area contributed by atoms with Crippen LogP contribution in [0.5, 0.6) is 23.0 Å². The molecular weight excluding hydrogens is 404 g/mol. The summed E-state index contributed by atoms with van der Waals surface area (Å²) in [7, 11) is 0. The van der Waals surface area contributed by atoms with Crippen LogP contribution in [-0.4, -0.2) is 12.9 Å². The number of ether oxygens (including phenoxy) is 3. The maximum Gasteiger partial charge on any atom is 0.298 e. The average molecular weight is 420 g/mol. The van der Waals surface area contributed by atoms with Crippen LogP contribution in [0.3, 0.4) is 0 Å². The SMILES string of the molecule is O=COc1ccc2c(c1)Oc1cc(OC=O)ccc1C21c2ccccc2-c2ccccc21. The van der Waals surface area contributed by atoms with Gasteiger partial charge in [0.25, 0.3) is 12.9 Å². The number of carbonyl (C=O) groups is 2. The van der Waals surface area contributed by atoms with E-state index in [4.69, 9.17) is 14.2 Å². The number of benzene rings is 4. The zero-order valence-corrected chi connectivity index (χ0v) is 16.8. The highest BCUT2D eigenvalue weighted by molar-refractivity contribution is 5.88. The van der Waals surface area contributed by atoms with Gasteiger partial charge in [-0.05, 0) is 34.4 Å². The Kier molecular flexibility index (Phi) is 3.92. The Hall–Kier alpha value is -4.38. The topological polar surface area (TPSA) is 61.8 Å². The number of fused-ring (bicyclic) bond motifs is 9. The third-order valence-corrected chi connectivity index (χ3v) is 6.25. The summed E-state index contributed by atoms with van der Waals surface area (Å²) >= 11 is 0. The minimum atomic E-state index is -0.629. The molecule has 0 atom stereocenters. The van der Waals surface area contributed by atoms with Gasteiger partial charge in [0.15, 0.2) is 0 Å². The minimum Gasteiger partial charge on any atom is -0.456 e. The molecule has 0 bridgehead atoms. The van der Waals surface area contributed by atoms with E-state index < -0.39 is 5.41 Å². The Labute approximate surface area is 183 Å². The van der Waals surface area contributed by atoms with Gasteiger partial charge in [-0.2, -0.15) is 0 Å². The minimum absolute atomic E-state index is 0.386. The van der Waals surface area contributed by atoms with Gasteiger partial charge in [-0.1, -0.05) is 60.7 Å². The van der Waals surface area contributed by atoms with Crippen LogP contribution in [0.4, 0.5) is 0 Å². The molecule has 1 heterocycles. The highest BCUT2D eigenvalue weighted by atomic mass is 16.5. The normalized spacial score (nSPS) is 13.8. The molecule has 5 heteroatoms. The lowest BCUT2D eigenvalue weighted by Crippen LogP contribution is -2.32. The van der Waals surface area contributed by atoms with Gasteiger partial charge in [0.1, 0.15) is 23.0 Å². The van der Waals surface area contributed by atoms with Crippen molar-refractivity contribution in [3.63, 3.8) is 0 Å². The molecule has 154 valence electrons. The van der Waals surface area contributed by atoms with Crippen LogP contribution in [0.1, 0.15) is 22.3 Å². The lowest BCUT2D eigenvalue weighted by Gasteiger charge is -2.39. The zero-order valence-electron chi connectivity index (χ0n) is 16.8. The second-order valence-electron chi connectivity index (χ2n) is 7.69. The summed E-state index contributed by atoms with van der Waals surface area (Å²) in [6.45, 7) is 0.787. The highest BCUT2D eigenvalue weighted by Gasteiger charge is 2.51. The average Bonchev–Trinajstić information content (AvgIpc) is 3.11. The van der Waals surface area contributed by atoms with E-state index in [0.29, 0.717) is 35.9 Å². The standard InChI is InChI=1S/C27H16O5/c28-15-30-17-9-11-23-25(13-17)32-26-14-18(31-16-29)10-12-24(26)27(23)21-7-3-1-5-19(21)20-6-2-4-8-22(20)27/h1-16H. The second-order valence-corrected chi connectivity index (χ2v) is 7.69. The van der Waals surface area contributed by atoms with E-state index in [9.17, 15) is 9.59 Å². The molecule has 2 aliphatic rings. The molecule has 1 aliphatic heterocycles. The fraction of sp³-hybridized carbons (Fsp3) is 0.0370. The van der Waals surface area contributed by atoms with E-state index in [0.717, 1.165) is 33.4 Å². The maximum atomic E-state index is 10.9. The first-order valence-corrected chi connectivity index (χ1v) is 10.1. The summed E-state index contributed by atoms with van der Waals surface area (Å²) in [5.41, 5.74) is 5.86. The molecule has 0 radical (unpaired) electrons. The van der Waals surface area contributed by atoms with Crippen molar-refractivity contribution >= 4 is 12.9 Å². The van der Waals surface area contributed by atoms with Gasteiger partial charge < -0.3 is 14.2 Å². The quantitative estimate of drug-likeness (QED) is 0.366. The smallest absolute Gasteiger partial charge is 0.298 e. The molecule has 0 fully saturated rings. The predicted octanol–water partition coefficient (Wildman–Crippen LogP) is 5.23. The van der Waals surface area contributed by atoms with Gasteiger partial charge in [-0.3, -0.25) is 9.59 Å². The molecular formula is C27H16O5. The van der Waals surface area contributed by atoms with Crippen molar-refractivity contribution in [3.05, 3.63) is 107 Å². The molecule has 0 N–H and O–H groups in total. The molecule has 0 unspecified atom stereocenters. The van der Waals surface area contributed by atoms with Gasteiger partial charge >= 0.3 is 0 Å². The molecule has 5 nitrogen and oxygen atoms in total. The van der Waals surface area contributed by atoms with Crippen molar-refractivity contribution in [1.29, 1.82) is 0 Å². The molecule has 4 aromatic carbocycles. The van der Waals surface area contributed by atoms with Crippen molar-refractivity contribution < 1.29 is 23.8 Å². The predicted molar refractivity (Wildman–Crippen MR) is 117 cm³/mol. The second kappa shape index (κ2) is 6.82. The first-order chi connectivity index (χ1) is 15.8. The Balaban J connectivity index is 1.74. The van der Waals surface area contributed by atoms with E-state index >= 15 is 0 Å². The van der Waals surface area contributed by atoms with Crippen LogP contribution in [0.25, 0.3) is 11.1 Å². The number of rotatable bonds is 4. The molecule has 0 amide bonds. The zero-order chi connectivity index (χ0) is 21.7. The molecule has 32 heavy (non-hydrogen) atoms. The van der Waals surface area contributed by atoms with Crippen molar-refractivity contribution in [2.75, 3.05) is 0 Å². The van der Waals surface area contributed by atoms with E-state index in [1.165, 1.54) is 0 Å². The summed E-state index contributed by atoms with van der Waals surface area (Å²) in [6, 6.07) is 27.6. The lowest BCUT2D eigenvalue weighted by molar-refractivity contribution is -0.121. The molecule has 6 rings (SSSR count). The first-order valence-electron chi connectivity index (χ1n) is 10.1. The number of hydrogen-bond acceptors (Lipinski definition) is 5. The van der Waals surface area contributed by atoms with Crippen LogP contribution < -0.4 is 14.2 Å². The van der Waals surface area contributed by atoms with Gasteiger partial charge in [-0.15, -0.1) is 0 Å². The van der Waals surface area contributed by atoms with E-state index in [-0.39, 0.29) is 0 Å². The van der Waals surface area contributed by atoms with E-state index in [1.54, 1.807) is 24.3 Å². The van der Waals surface area contributed by atoms with Crippen LogP contribution >= 0.6 is 0 Å². The summed E-state index contributed by atoms with van der Waals surface area (Å²) in [4.78, 5) is 21.8. The largest absolute Gasteiger partial charge is 0.456 e. The van der Waals surface area contributed by atoms with Crippen molar-refractivity contribution in [2.45, 2.75) is 5.41 Å². The lowest BCUT2D eigenvalue weighted by atomic mass is 9.66. The Bertz CT molecular complexity index is 1300. The van der Waals surface area contributed by atoms with Crippen LogP contribution in [0.15, 0.2) is 84.9 Å². The Morgan fingerprint density at radius 3 is 1.53 bits per heavy atom. The summed E-state index contributed by atoms with van der Waals surface area (Å²) in [6.07, 6.45) is 0. The van der Waals surface area contributed by atoms with Crippen molar-refractivity contribution in [3.8, 4) is 34.1 Å². The molecule has 1 spiro atoms. The van der Waals surface area contributed by atoms with Gasteiger partial charge in [0.05, 0.1) is 5.41 Å².